The highest BCUT2D eigenvalue weighted by atomic mass is 32.1. The molecule has 3 unspecified atom stereocenters. The zero-order chi connectivity index (χ0) is 20.0. The topological polar surface area (TPSA) is 53.9 Å². The first-order valence-electron chi connectivity index (χ1n) is 9.71. The number of alkyl halides is 3. The third kappa shape index (κ3) is 3.69. The van der Waals surface area contributed by atoms with Gasteiger partial charge in [0.05, 0.1) is 11.7 Å². The van der Waals surface area contributed by atoms with Crippen molar-refractivity contribution in [3.8, 4) is 0 Å². The van der Waals surface area contributed by atoms with E-state index in [1.165, 1.54) is 23.4 Å². The summed E-state index contributed by atoms with van der Waals surface area (Å²) in [6, 6.07) is 10.6. The van der Waals surface area contributed by atoms with E-state index in [1.54, 1.807) is 6.07 Å². The summed E-state index contributed by atoms with van der Waals surface area (Å²) in [4.78, 5) is 5.87. The van der Waals surface area contributed by atoms with Gasteiger partial charge in [0.2, 0.25) is 0 Å². The molecule has 152 valence electrons. The van der Waals surface area contributed by atoms with Gasteiger partial charge in [-0.3, -0.25) is 0 Å². The molecule has 1 saturated heterocycles. The Balaban J connectivity index is 1.25. The second-order valence-electron chi connectivity index (χ2n) is 7.86. The monoisotopic (exact) mass is 419 g/mol. The fourth-order valence-corrected chi connectivity index (χ4v) is 5.17. The Hall–Kier alpha value is -2.26. The predicted molar refractivity (Wildman–Crippen MR) is 106 cm³/mol. The normalized spacial score (nSPS) is 24.4. The second-order valence-corrected chi connectivity index (χ2v) is 8.39. The summed E-state index contributed by atoms with van der Waals surface area (Å²) in [5.74, 6) is 1.35. The third-order valence-corrected chi connectivity index (χ3v) is 6.65. The summed E-state index contributed by atoms with van der Waals surface area (Å²) in [5.41, 5.74) is 2.18. The van der Waals surface area contributed by atoms with E-state index in [0.717, 1.165) is 49.6 Å². The minimum Gasteiger partial charge on any atom is -0.356 e. The van der Waals surface area contributed by atoms with Crippen LogP contribution in [0.25, 0.3) is 11.0 Å². The summed E-state index contributed by atoms with van der Waals surface area (Å²) in [5, 5.41) is 3.66. The minimum atomic E-state index is -4.41. The van der Waals surface area contributed by atoms with Crippen molar-refractivity contribution < 1.29 is 13.2 Å². The van der Waals surface area contributed by atoms with Crippen LogP contribution in [0.3, 0.4) is 0 Å². The Morgan fingerprint density at radius 1 is 1.07 bits per heavy atom. The van der Waals surface area contributed by atoms with Crippen LogP contribution in [0.1, 0.15) is 24.1 Å². The number of benzene rings is 1. The Morgan fingerprint density at radius 3 is 2.79 bits per heavy atom. The van der Waals surface area contributed by atoms with Crippen molar-refractivity contribution in [2.45, 2.75) is 31.6 Å². The first kappa shape index (κ1) is 18.7. The molecule has 0 amide bonds. The molecule has 3 heterocycles. The molecule has 1 aromatic carbocycles. The van der Waals surface area contributed by atoms with Crippen molar-refractivity contribution in [1.82, 2.24) is 19.0 Å². The maximum Gasteiger partial charge on any atom is 0.433 e. The number of fused-ring (bicyclic) bond motifs is 2. The van der Waals surface area contributed by atoms with Crippen molar-refractivity contribution >= 4 is 28.6 Å². The Kier molecular flexibility index (Phi) is 4.66. The van der Waals surface area contributed by atoms with Gasteiger partial charge in [0, 0.05) is 25.7 Å². The second kappa shape index (κ2) is 7.21. The molecule has 29 heavy (non-hydrogen) atoms. The van der Waals surface area contributed by atoms with Crippen LogP contribution in [0.15, 0.2) is 36.4 Å². The van der Waals surface area contributed by atoms with Crippen LogP contribution in [0, 0.1) is 11.8 Å². The number of anilines is 1. The standard InChI is InChI=1S/C20H20F3N5S/c21-20(22,23)18-2-1-3-19(25-18)28-10-13-5-7-15(14(13)11-28)24-9-12-4-6-16-17(8-12)27-29-26-16/h1-4,6,8,13-15,24H,5,7,9-11H2. The molecule has 0 bridgehead atoms. The molecule has 1 saturated carbocycles. The van der Waals surface area contributed by atoms with Crippen molar-refractivity contribution in [3.63, 3.8) is 0 Å². The van der Waals surface area contributed by atoms with Crippen LogP contribution in [0.4, 0.5) is 19.0 Å². The first-order valence-corrected chi connectivity index (χ1v) is 10.4. The zero-order valence-corrected chi connectivity index (χ0v) is 16.4. The van der Waals surface area contributed by atoms with Crippen molar-refractivity contribution in [1.29, 1.82) is 0 Å². The molecule has 3 atom stereocenters. The molecule has 0 spiro atoms. The molecular weight excluding hydrogens is 399 g/mol. The predicted octanol–water partition coefficient (Wildman–Crippen LogP) is 4.11. The van der Waals surface area contributed by atoms with Crippen LogP contribution in [-0.2, 0) is 12.7 Å². The molecule has 2 aliphatic rings. The van der Waals surface area contributed by atoms with E-state index >= 15 is 0 Å². The lowest BCUT2D eigenvalue weighted by molar-refractivity contribution is -0.141. The number of nitrogens with one attached hydrogen (secondary N) is 1. The first-order chi connectivity index (χ1) is 14.0. The minimum absolute atomic E-state index is 0.361. The SMILES string of the molecule is FC(F)(F)c1cccc(N2CC3CCC(NCc4ccc5nsnc5c4)C3C2)n1. The van der Waals surface area contributed by atoms with Gasteiger partial charge in [0.25, 0.3) is 0 Å². The van der Waals surface area contributed by atoms with E-state index in [2.05, 4.69) is 31.2 Å². The molecule has 2 aromatic heterocycles. The molecule has 9 heteroatoms. The fraction of sp³-hybridized carbons (Fsp3) is 0.450. The summed E-state index contributed by atoms with van der Waals surface area (Å²) in [7, 11) is 0. The van der Waals surface area contributed by atoms with Gasteiger partial charge in [-0.2, -0.15) is 21.9 Å². The van der Waals surface area contributed by atoms with Gasteiger partial charge < -0.3 is 10.2 Å². The van der Waals surface area contributed by atoms with Crippen molar-refractivity contribution in [2.75, 3.05) is 18.0 Å². The molecule has 5 nitrogen and oxygen atoms in total. The van der Waals surface area contributed by atoms with Crippen molar-refractivity contribution in [2.24, 2.45) is 11.8 Å². The van der Waals surface area contributed by atoms with Gasteiger partial charge in [-0.1, -0.05) is 12.1 Å². The lowest BCUT2D eigenvalue weighted by atomic mass is 9.97. The van der Waals surface area contributed by atoms with Gasteiger partial charge in [-0.15, -0.1) is 0 Å². The van der Waals surface area contributed by atoms with E-state index in [0.29, 0.717) is 23.7 Å². The molecule has 0 radical (unpaired) electrons. The molecular formula is C20H20F3N5S. The quantitative estimate of drug-likeness (QED) is 0.690. The zero-order valence-electron chi connectivity index (χ0n) is 15.6. The highest BCUT2D eigenvalue weighted by molar-refractivity contribution is 7.00. The van der Waals surface area contributed by atoms with Crippen LogP contribution in [0.2, 0.25) is 0 Å². The van der Waals surface area contributed by atoms with E-state index in [4.69, 9.17) is 0 Å². The highest BCUT2D eigenvalue weighted by Crippen LogP contribution is 2.40. The average Bonchev–Trinajstić information content (AvgIpc) is 3.41. The van der Waals surface area contributed by atoms with Gasteiger partial charge in [0.1, 0.15) is 22.5 Å². The Morgan fingerprint density at radius 2 is 1.93 bits per heavy atom. The average molecular weight is 419 g/mol. The number of hydrogen-bond acceptors (Lipinski definition) is 6. The molecule has 1 N–H and O–H groups in total. The largest absolute Gasteiger partial charge is 0.433 e. The lowest BCUT2D eigenvalue weighted by Crippen LogP contribution is -2.35. The fourth-order valence-electron chi connectivity index (χ4n) is 4.65. The lowest BCUT2D eigenvalue weighted by Gasteiger charge is -2.23. The van der Waals surface area contributed by atoms with E-state index in [9.17, 15) is 13.2 Å². The van der Waals surface area contributed by atoms with Crippen LogP contribution < -0.4 is 10.2 Å². The third-order valence-electron chi connectivity index (χ3n) is 6.09. The number of rotatable bonds is 4. The Labute approximate surface area is 170 Å². The maximum absolute atomic E-state index is 13.0. The molecule has 2 fully saturated rings. The van der Waals surface area contributed by atoms with E-state index < -0.39 is 11.9 Å². The van der Waals surface area contributed by atoms with Gasteiger partial charge >= 0.3 is 6.18 Å². The van der Waals surface area contributed by atoms with Gasteiger partial charge in [0.15, 0.2) is 0 Å². The van der Waals surface area contributed by atoms with Crippen molar-refractivity contribution in [3.05, 3.63) is 47.7 Å². The highest BCUT2D eigenvalue weighted by Gasteiger charge is 2.43. The molecule has 5 rings (SSSR count). The van der Waals surface area contributed by atoms with Gasteiger partial charge in [-0.05, 0) is 54.5 Å². The van der Waals surface area contributed by atoms with E-state index in [-0.39, 0.29) is 0 Å². The smallest absolute Gasteiger partial charge is 0.356 e. The van der Waals surface area contributed by atoms with Crippen LogP contribution >= 0.6 is 11.7 Å². The number of nitrogens with zero attached hydrogens (tertiary/aromatic N) is 4. The van der Waals surface area contributed by atoms with Crippen LogP contribution in [-0.4, -0.2) is 32.9 Å². The maximum atomic E-state index is 13.0. The number of hydrogen-bond donors (Lipinski definition) is 1. The molecule has 1 aliphatic heterocycles. The van der Waals surface area contributed by atoms with E-state index in [1.807, 2.05) is 11.0 Å². The molecule has 3 aromatic rings. The van der Waals surface area contributed by atoms with Crippen LogP contribution in [0.5, 0.6) is 0 Å². The number of halogens is 3. The van der Waals surface area contributed by atoms with Gasteiger partial charge in [-0.25, -0.2) is 4.98 Å². The number of pyridine rings is 1. The summed E-state index contributed by atoms with van der Waals surface area (Å²) in [6.45, 7) is 2.27. The summed E-state index contributed by atoms with van der Waals surface area (Å²) in [6.07, 6.45) is -2.23. The molecule has 1 aliphatic carbocycles. The number of aromatic nitrogens is 3. The Bertz CT molecular complexity index is 1020. The summed E-state index contributed by atoms with van der Waals surface area (Å²) >= 11 is 1.22. The summed E-state index contributed by atoms with van der Waals surface area (Å²) < 4.78 is 47.5.